The van der Waals surface area contributed by atoms with Crippen molar-refractivity contribution in [3.63, 3.8) is 0 Å². The van der Waals surface area contributed by atoms with E-state index in [0.29, 0.717) is 17.2 Å². The van der Waals surface area contributed by atoms with Gasteiger partial charge in [-0.05, 0) is 19.1 Å². The molecule has 1 heterocycles. The van der Waals surface area contributed by atoms with Crippen molar-refractivity contribution in [1.82, 2.24) is 4.98 Å². The first-order valence-electron chi connectivity index (χ1n) is 5.32. The number of hydrogen-bond acceptors (Lipinski definition) is 5. The van der Waals surface area contributed by atoms with Gasteiger partial charge < -0.3 is 19.0 Å². The van der Waals surface area contributed by atoms with Crippen LogP contribution in [0.5, 0.6) is 5.75 Å². The van der Waals surface area contributed by atoms with E-state index in [2.05, 4.69) is 4.98 Å². The van der Waals surface area contributed by atoms with Crippen molar-refractivity contribution in [2.24, 2.45) is 0 Å². The van der Waals surface area contributed by atoms with Gasteiger partial charge in [0.1, 0.15) is 17.4 Å². The van der Waals surface area contributed by atoms with E-state index in [9.17, 15) is 4.79 Å². The van der Waals surface area contributed by atoms with Gasteiger partial charge in [0, 0.05) is 7.11 Å². The number of aromatic carboxylic acids is 1. The fourth-order valence-corrected chi connectivity index (χ4v) is 1.61. The van der Waals surface area contributed by atoms with Crippen molar-refractivity contribution < 1.29 is 23.8 Å². The molecule has 96 valence electrons. The minimum atomic E-state index is -1.07. The number of fused-ring (bicyclic) bond motifs is 1. The SMILES string of the molecule is COc1ccc(C(=O)O)c2oc(C(C)OC)nc12. The Balaban J connectivity index is 2.70. The van der Waals surface area contributed by atoms with Crippen LogP contribution in [0.1, 0.15) is 29.3 Å². The summed E-state index contributed by atoms with van der Waals surface area (Å²) in [6, 6.07) is 2.98. The number of aromatic nitrogens is 1. The van der Waals surface area contributed by atoms with E-state index in [0.717, 1.165) is 0 Å². The predicted molar refractivity (Wildman–Crippen MR) is 62.9 cm³/mol. The summed E-state index contributed by atoms with van der Waals surface area (Å²) in [4.78, 5) is 15.3. The van der Waals surface area contributed by atoms with Gasteiger partial charge in [-0.25, -0.2) is 9.78 Å². The van der Waals surface area contributed by atoms with E-state index in [1.54, 1.807) is 13.0 Å². The van der Waals surface area contributed by atoms with Gasteiger partial charge in [0.05, 0.1) is 7.11 Å². The van der Waals surface area contributed by atoms with Crippen LogP contribution in [0.3, 0.4) is 0 Å². The first-order valence-corrected chi connectivity index (χ1v) is 5.32. The molecule has 1 atom stereocenters. The fourth-order valence-electron chi connectivity index (χ4n) is 1.61. The Morgan fingerprint density at radius 2 is 2.17 bits per heavy atom. The number of oxazole rings is 1. The molecule has 1 unspecified atom stereocenters. The van der Waals surface area contributed by atoms with Crippen molar-refractivity contribution in [1.29, 1.82) is 0 Å². The van der Waals surface area contributed by atoms with E-state index in [-0.39, 0.29) is 17.3 Å². The highest BCUT2D eigenvalue weighted by Crippen LogP contribution is 2.31. The molecule has 1 aromatic carbocycles. The Labute approximate surface area is 103 Å². The fraction of sp³-hybridized carbons (Fsp3) is 0.333. The topological polar surface area (TPSA) is 81.8 Å². The van der Waals surface area contributed by atoms with Gasteiger partial charge in [0.25, 0.3) is 0 Å². The van der Waals surface area contributed by atoms with Crippen LogP contribution in [0.25, 0.3) is 11.1 Å². The zero-order valence-corrected chi connectivity index (χ0v) is 10.3. The summed E-state index contributed by atoms with van der Waals surface area (Å²) in [5.74, 6) is -0.289. The number of hydrogen-bond donors (Lipinski definition) is 1. The maximum absolute atomic E-state index is 11.1. The van der Waals surface area contributed by atoms with Crippen molar-refractivity contribution in [2.45, 2.75) is 13.0 Å². The summed E-state index contributed by atoms with van der Waals surface area (Å²) >= 11 is 0. The second kappa shape index (κ2) is 4.66. The van der Waals surface area contributed by atoms with E-state index in [4.69, 9.17) is 19.0 Å². The second-order valence-electron chi connectivity index (χ2n) is 3.73. The van der Waals surface area contributed by atoms with Crippen LogP contribution in [0.15, 0.2) is 16.5 Å². The second-order valence-corrected chi connectivity index (χ2v) is 3.73. The lowest BCUT2D eigenvalue weighted by Gasteiger charge is -2.01. The van der Waals surface area contributed by atoms with Gasteiger partial charge in [-0.2, -0.15) is 0 Å². The summed E-state index contributed by atoms with van der Waals surface area (Å²) in [6.07, 6.45) is -0.358. The lowest BCUT2D eigenvalue weighted by atomic mass is 10.2. The number of carbonyl (C=O) groups is 1. The third-order valence-corrected chi connectivity index (χ3v) is 2.67. The van der Waals surface area contributed by atoms with Crippen molar-refractivity contribution in [2.75, 3.05) is 14.2 Å². The Morgan fingerprint density at radius 1 is 1.44 bits per heavy atom. The van der Waals surface area contributed by atoms with E-state index in [1.807, 2.05) is 0 Å². The molecule has 2 rings (SSSR count). The summed E-state index contributed by atoms with van der Waals surface area (Å²) in [7, 11) is 3.01. The Bertz CT molecular complexity index is 589. The monoisotopic (exact) mass is 251 g/mol. The minimum absolute atomic E-state index is 0.0489. The molecular weight excluding hydrogens is 238 g/mol. The lowest BCUT2D eigenvalue weighted by molar-refractivity contribution is 0.0696. The number of carboxylic acids is 1. The molecule has 1 N–H and O–H groups in total. The first-order chi connectivity index (χ1) is 8.58. The number of carboxylic acid groups (broad SMARTS) is 1. The molecule has 0 bridgehead atoms. The molecule has 0 aliphatic rings. The zero-order valence-electron chi connectivity index (χ0n) is 10.3. The smallest absolute Gasteiger partial charge is 0.339 e. The van der Waals surface area contributed by atoms with Crippen molar-refractivity contribution in [3.05, 3.63) is 23.6 Å². The van der Waals surface area contributed by atoms with Crippen molar-refractivity contribution >= 4 is 17.1 Å². The summed E-state index contributed by atoms with van der Waals surface area (Å²) in [5.41, 5.74) is 0.630. The van der Waals surface area contributed by atoms with E-state index >= 15 is 0 Å². The highest BCUT2D eigenvalue weighted by molar-refractivity contribution is 6.01. The lowest BCUT2D eigenvalue weighted by Crippen LogP contribution is -1.97. The molecule has 0 aliphatic carbocycles. The molecule has 0 amide bonds. The third-order valence-electron chi connectivity index (χ3n) is 2.67. The Hall–Kier alpha value is -2.08. The molecule has 0 fully saturated rings. The normalized spacial score (nSPS) is 12.6. The summed E-state index contributed by atoms with van der Waals surface area (Å²) < 4.78 is 15.7. The Morgan fingerprint density at radius 3 is 2.72 bits per heavy atom. The summed E-state index contributed by atoms with van der Waals surface area (Å²) in [5, 5.41) is 9.09. The van der Waals surface area contributed by atoms with E-state index < -0.39 is 5.97 Å². The van der Waals surface area contributed by atoms with Crippen LogP contribution in [0, 0.1) is 0 Å². The molecule has 6 heteroatoms. The number of rotatable bonds is 4. The minimum Gasteiger partial charge on any atom is -0.494 e. The van der Waals surface area contributed by atoms with Crippen LogP contribution in [0.4, 0.5) is 0 Å². The number of ether oxygens (including phenoxy) is 2. The Kier molecular flexibility index (Phi) is 3.20. The molecule has 2 aromatic rings. The summed E-state index contributed by atoms with van der Waals surface area (Å²) in [6.45, 7) is 1.76. The number of nitrogens with zero attached hydrogens (tertiary/aromatic N) is 1. The quantitative estimate of drug-likeness (QED) is 0.897. The maximum Gasteiger partial charge on any atom is 0.339 e. The predicted octanol–water partition coefficient (Wildman–Crippen LogP) is 2.24. The van der Waals surface area contributed by atoms with Crippen LogP contribution in [0.2, 0.25) is 0 Å². The molecule has 18 heavy (non-hydrogen) atoms. The van der Waals surface area contributed by atoms with Gasteiger partial charge in [0.15, 0.2) is 11.1 Å². The van der Waals surface area contributed by atoms with Crippen LogP contribution in [-0.2, 0) is 4.74 Å². The highest BCUT2D eigenvalue weighted by Gasteiger charge is 2.20. The largest absolute Gasteiger partial charge is 0.494 e. The van der Waals surface area contributed by atoms with Gasteiger partial charge in [-0.15, -0.1) is 0 Å². The number of benzene rings is 1. The average Bonchev–Trinajstić information content (AvgIpc) is 2.80. The molecule has 0 saturated heterocycles. The van der Waals surface area contributed by atoms with E-state index in [1.165, 1.54) is 20.3 Å². The van der Waals surface area contributed by atoms with Crippen LogP contribution < -0.4 is 4.74 Å². The van der Waals surface area contributed by atoms with Gasteiger partial charge >= 0.3 is 5.97 Å². The molecule has 0 spiro atoms. The van der Waals surface area contributed by atoms with Gasteiger partial charge in [0.2, 0.25) is 5.89 Å². The van der Waals surface area contributed by atoms with Gasteiger partial charge in [-0.3, -0.25) is 0 Å². The first kappa shape index (κ1) is 12.4. The number of methoxy groups -OCH3 is 2. The van der Waals surface area contributed by atoms with Gasteiger partial charge in [-0.1, -0.05) is 0 Å². The molecule has 1 aromatic heterocycles. The zero-order chi connectivity index (χ0) is 13.3. The third kappa shape index (κ3) is 1.91. The maximum atomic E-state index is 11.1. The molecule has 0 aliphatic heterocycles. The van der Waals surface area contributed by atoms with Crippen LogP contribution in [-0.4, -0.2) is 30.3 Å². The average molecular weight is 251 g/mol. The van der Waals surface area contributed by atoms with Crippen molar-refractivity contribution in [3.8, 4) is 5.75 Å². The highest BCUT2D eigenvalue weighted by atomic mass is 16.5. The standard InChI is InChI=1S/C12H13NO5/c1-6(16-2)11-13-9-8(17-3)5-4-7(12(14)15)10(9)18-11/h4-6H,1-3H3,(H,14,15). The molecule has 0 saturated carbocycles. The van der Waals surface area contributed by atoms with Crippen LogP contribution >= 0.6 is 0 Å². The molecule has 6 nitrogen and oxygen atoms in total. The molecule has 0 radical (unpaired) electrons. The molecular formula is C12H13NO5.